The van der Waals surface area contributed by atoms with Crippen LogP contribution in [0.5, 0.6) is 0 Å². The Bertz CT molecular complexity index is 747. The fourth-order valence-corrected chi connectivity index (χ4v) is 9.10. The van der Waals surface area contributed by atoms with Crippen molar-refractivity contribution in [2.75, 3.05) is 13.2 Å². The zero-order chi connectivity index (χ0) is 24.5. The maximum atomic E-state index is 12.0. The van der Waals surface area contributed by atoms with E-state index in [0.29, 0.717) is 5.41 Å². The van der Waals surface area contributed by atoms with E-state index in [2.05, 4.69) is 46.0 Å². The molecule has 0 saturated heterocycles. The molecule has 0 aliphatic heterocycles. The van der Waals surface area contributed by atoms with Crippen LogP contribution in [0, 0.1) is 46.3 Å². The number of carbonyl (C=O) groups excluding carboxylic acids is 1. The zero-order valence-electron chi connectivity index (χ0n) is 22.6. The summed E-state index contributed by atoms with van der Waals surface area (Å²) in [6.07, 6.45) is 16.2. The quantitative estimate of drug-likeness (QED) is 0.369. The molecule has 8 atom stereocenters. The minimum absolute atomic E-state index is 0.0222. The third-order valence-electron chi connectivity index (χ3n) is 10.9. The van der Waals surface area contributed by atoms with E-state index in [1.807, 2.05) is 0 Å². The number of rotatable bonds is 8. The molecule has 0 spiro atoms. The molecule has 194 valence electrons. The molecule has 3 fully saturated rings. The molecule has 34 heavy (non-hydrogen) atoms. The minimum atomic E-state index is -0.384. The zero-order valence-corrected chi connectivity index (χ0v) is 22.6. The van der Waals surface area contributed by atoms with Crippen molar-refractivity contribution in [1.29, 1.82) is 0 Å². The molecule has 1 unspecified atom stereocenters. The van der Waals surface area contributed by atoms with Gasteiger partial charge in [0.25, 0.3) is 0 Å². The largest absolute Gasteiger partial charge is 0.446 e. The van der Waals surface area contributed by atoms with Gasteiger partial charge in [0.15, 0.2) is 0 Å². The molecule has 4 rings (SSSR count). The fourth-order valence-electron chi connectivity index (χ4n) is 9.10. The molecule has 4 aliphatic rings. The van der Waals surface area contributed by atoms with Crippen molar-refractivity contribution in [3.8, 4) is 0 Å². The van der Waals surface area contributed by atoms with Gasteiger partial charge in [-0.05, 0) is 91.3 Å². The summed E-state index contributed by atoms with van der Waals surface area (Å²) in [6, 6.07) is 0. The second-order valence-corrected chi connectivity index (χ2v) is 13.2. The number of aliphatic hydroxyl groups excluding tert-OH is 1. The highest BCUT2D eigenvalue weighted by atomic mass is 16.6. The van der Waals surface area contributed by atoms with Gasteiger partial charge in [0.2, 0.25) is 0 Å². The monoisotopic (exact) mass is 473 g/mol. The number of nitrogens with one attached hydrogen (secondary N) is 1. The van der Waals surface area contributed by atoms with E-state index in [4.69, 9.17) is 9.84 Å². The number of allylic oxidation sites excluding steroid dienone is 1. The molecule has 2 N–H and O–H groups in total. The number of alkyl carbamates (subject to hydrolysis) is 1. The molecule has 0 heterocycles. The molecule has 0 aromatic rings. The number of hydrogen-bond acceptors (Lipinski definition) is 3. The third kappa shape index (κ3) is 4.95. The lowest BCUT2D eigenvalue weighted by Gasteiger charge is -2.58. The molecule has 0 radical (unpaired) electrons. The number of amides is 1. The van der Waals surface area contributed by atoms with E-state index >= 15 is 0 Å². The first-order valence-electron chi connectivity index (χ1n) is 14.4. The van der Waals surface area contributed by atoms with Crippen molar-refractivity contribution >= 4 is 6.09 Å². The Kier molecular flexibility index (Phi) is 8.06. The average molecular weight is 474 g/mol. The molecule has 1 amide bonds. The summed E-state index contributed by atoms with van der Waals surface area (Å²) in [7, 11) is 0. The fraction of sp³-hybridized carbons (Fsp3) is 0.900. The van der Waals surface area contributed by atoms with Crippen LogP contribution in [0.3, 0.4) is 0 Å². The van der Waals surface area contributed by atoms with Crippen LogP contribution in [0.1, 0.15) is 105 Å². The van der Waals surface area contributed by atoms with Gasteiger partial charge in [-0.25, -0.2) is 4.79 Å². The number of hydrogen-bond donors (Lipinski definition) is 2. The number of ether oxygens (including phenoxy) is 1. The van der Waals surface area contributed by atoms with E-state index in [-0.39, 0.29) is 30.8 Å². The molecule has 0 bridgehead atoms. The van der Waals surface area contributed by atoms with Crippen LogP contribution in [-0.2, 0) is 4.74 Å². The van der Waals surface area contributed by atoms with Crippen molar-refractivity contribution < 1.29 is 14.6 Å². The standard InChI is InChI=1S/C30H51NO3/c1-20(2)7-6-8-21(3)25-11-12-26-24-10-9-22-19-23(34-28(33)31-17-18-32)13-15-29(22,4)27(24)14-16-30(25,26)5/h9,20-21,23-27,32H,6-8,10-19H2,1-5H3,(H,31,33)/t21-,23+,24+,25-,26?,27+,29+,30-/m1/s1. The van der Waals surface area contributed by atoms with Crippen LogP contribution in [0.2, 0.25) is 0 Å². The lowest BCUT2D eigenvalue weighted by molar-refractivity contribution is -0.0581. The Hall–Kier alpha value is -1.03. The first-order chi connectivity index (χ1) is 16.2. The van der Waals surface area contributed by atoms with Gasteiger partial charge in [0, 0.05) is 13.0 Å². The Morgan fingerprint density at radius 2 is 1.91 bits per heavy atom. The smallest absolute Gasteiger partial charge is 0.407 e. The number of aliphatic hydroxyl groups is 1. The average Bonchev–Trinajstić information content (AvgIpc) is 3.15. The lowest BCUT2D eigenvalue weighted by atomic mass is 9.47. The van der Waals surface area contributed by atoms with Crippen LogP contribution in [0.25, 0.3) is 0 Å². The highest BCUT2D eigenvalue weighted by molar-refractivity contribution is 5.67. The summed E-state index contributed by atoms with van der Waals surface area (Å²) in [5.74, 6) is 5.12. The predicted octanol–water partition coefficient (Wildman–Crippen LogP) is 7.11. The summed E-state index contributed by atoms with van der Waals surface area (Å²) >= 11 is 0. The Balaban J connectivity index is 1.41. The van der Waals surface area contributed by atoms with E-state index in [0.717, 1.165) is 54.8 Å². The van der Waals surface area contributed by atoms with Gasteiger partial charge in [-0.15, -0.1) is 0 Å². The maximum Gasteiger partial charge on any atom is 0.407 e. The lowest BCUT2D eigenvalue weighted by Crippen LogP contribution is -2.51. The first kappa shape index (κ1) is 26.0. The summed E-state index contributed by atoms with van der Waals surface area (Å²) in [5.41, 5.74) is 2.37. The molecule has 0 aromatic heterocycles. The number of fused-ring (bicyclic) bond motifs is 5. The number of carbonyl (C=O) groups is 1. The second-order valence-electron chi connectivity index (χ2n) is 13.2. The molecule has 4 nitrogen and oxygen atoms in total. The van der Waals surface area contributed by atoms with Crippen LogP contribution in [-0.4, -0.2) is 30.5 Å². The molecule has 3 saturated carbocycles. The Labute approximate surface area is 208 Å². The normalized spacial score (nSPS) is 40.1. The van der Waals surface area contributed by atoms with Crippen molar-refractivity contribution in [2.45, 2.75) is 111 Å². The van der Waals surface area contributed by atoms with Crippen LogP contribution in [0.4, 0.5) is 4.79 Å². The van der Waals surface area contributed by atoms with Gasteiger partial charge in [-0.3, -0.25) is 0 Å². The van der Waals surface area contributed by atoms with Gasteiger partial charge in [-0.2, -0.15) is 0 Å². The van der Waals surface area contributed by atoms with Crippen molar-refractivity contribution in [3.63, 3.8) is 0 Å². The van der Waals surface area contributed by atoms with Crippen LogP contribution in [0.15, 0.2) is 11.6 Å². The molecular formula is C30H51NO3. The van der Waals surface area contributed by atoms with E-state index < -0.39 is 0 Å². The van der Waals surface area contributed by atoms with Crippen LogP contribution < -0.4 is 5.32 Å². The Morgan fingerprint density at radius 3 is 2.65 bits per heavy atom. The van der Waals surface area contributed by atoms with Crippen molar-refractivity contribution in [3.05, 3.63) is 11.6 Å². The van der Waals surface area contributed by atoms with Gasteiger partial charge >= 0.3 is 6.09 Å². The third-order valence-corrected chi connectivity index (χ3v) is 10.9. The first-order valence-corrected chi connectivity index (χ1v) is 14.4. The molecule has 0 aromatic carbocycles. The molecule has 4 heteroatoms. The minimum Gasteiger partial charge on any atom is -0.446 e. The summed E-state index contributed by atoms with van der Waals surface area (Å²) in [4.78, 5) is 12.0. The van der Waals surface area contributed by atoms with E-state index in [1.165, 1.54) is 51.4 Å². The maximum absolute atomic E-state index is 12.0. The molecular weight excluding hydrogens is 422 g/mol. The van der Waals surface area contributed by atoms with Crippen molar-refractivity contribution in [2.24, 2.45) is 46.3 Å². The van der Waals surface area contributed by atoms with E-state index in [1.54, 1.807) is 5.57 Å². The van der Waals surface area contributed by atoms with Gasteiger partial charge in [0.05, 0.1) is 6.61 Å². The van der Waals surface area contributed by atoms with Gasteiger partial charge < -0.3 is 15.2 Å². The van der Waals surface area contributed by atoms with Gasteiger partial charge in [0.1, 0.15) is 6.10 Å². The highest BCUT2D eigenvalue weighted by Gasteiger charge is 2.59. The van der Waals surface area contributed by atoms with E-state index in [9.17, 15) is 4.79 Å². The second kappa shape index (κ2) is 10.5. The predicted molar refractivity (Wildman–Crippen MR) is 138 cm³/mol. The van der Waals surface area contributed by atoms with Gasteiger partial charge in [-0.1, -0.05) is 65.5 Å². The summed E-state index contributed by atoms with van der Waals surface area (Å²) in [5, 5.41) is 11.6. The Morgan fingerprint density at radius 1 is 1.12 bits per heavy atom. The van der Waals surface area contributed by atoms with Crippen LogP contribution >= 0.6 is 0 Å². The molecule has 4 aliphatic carbocycles. The SMILES string of the molecule is CC(C)CCC[C@@H](C)[C@H]1CCC2[C@@H]3CC=C4C[C@@H](OC(=O)NCCO)CC[C@]4(C)[C@H]3CC[C@@]21C. The highest BCUT2D eigenvalue weighted by Crippen LogP contribution is 2.67. The summed E-state index contributed by atoms with van der Waals surface area (Å²) in [6.45, 7) is 12.7. The summed E-state index contributed by atoms with van der Waals surface area (Å²) < 4.78 is 5.69. The topological polar surface area (TPSA) is 58.6 Å². The van der Waals surface area contributed by atoms with Crippen molar-refractivity contribution in [1.82, 2.24) is 5.32 Å².